The van der Waals surface area contributed by atoms with Crippen LogP contribution in [0.2, 0.25) is 0 Å². The molecular formula is C17H22BrNS. The summed E-state index contributed by atoms with van der Waals surface area (Å²) in [6.07, 6.45) is 1.14. The number of benzene rings is 1. The summed E-state index contributed by atoms with van der Waals surface area (Å²) < 4.78 is 1.21. The standard InChI is InChI=1S/C17H22BrNS/c1-5-8-19-17(15-10-16(18)20-13(15)4)14-9-11(2)6-7-12(14)3/h6-7,9-10,17,19H,5,8H2,1-4H3. The second-order valence-corrected chi connectivity index (χ2v) is 7.94. The molecule has 1 atom stereocenters. The number of rotatable bonds is 5. The maximum atomic E-state index is 3.71. The molecule has 1 nitrogen and oxygen atoms in total. The Balaban J connectivity index is 2.46. The second kappa shape index (κ2) is 6.88. The van der Waals surface area contributed by atoms with Crippen LogP contribution in [0.1, 0.15) is 46.5 Å². The zero-order chi connectivity index (χ0) is 14.7. The molecular weight excluding hydrogens is 330 g/mol. The van der Waals surface area contributed by atoms with Crippen LogP contribution < -0.4 is 5.32 Å². The van der Waals surface area contributed by atoms with Crippen molar-refractivity contribution in [3.8, 4) is 0 Å². The monoisotopic (exact) mass is 351 g/mol. The molecule has 1 N–H and O–H groups in total. The molecule has 108 valence electrons. The van der Waals surface area contributed by atoms with E-state index in [-0.39, 0.29) is 6.04 Å². The maximum absolute atomic E-state index is 3.71. The fraction of sp³-hybridized carbons (Fsp3) is 0.412. The Kier molecular flexibility index (Phi) is 5.42. The van der Waals surface area contributed by atoms with Gasteiger partial charge < -0.3 is 5.32 Å². The van der Waals surface area contributed by atoms with Gasteiger partial charge in [0.1, 0.15) is 0 Å². The Morgan fingerprint density at radius 1 is 1.15 bits per heavy atom. The van der Waals surface area contributed by atoms with Gasteiger partial charge >= 0.3 is 0 Å². The van der Waals surface area contributed by atoms with Gasteiger partial charge in [-0.15, -0.1) is 11.3 Å². The first-order valence-electron chi connectivity index (χ1n) is 7.09. The summed E-state index contributed by atoms with van der Waals surface area (Å²) in [5.74, 6) is 0. The molecule has 0 radical (unpaired) electrons. The van der Waals surface area contributed by atoms with E-state index in [1.807, 2.05) is 11.3 Å². The molecule has 0 saturated carbocycles. The molecule has 1 unspecified atom stereocenters. The van der Waals surface area contributed by atoms with Gasteiger partial charge in [-0.05, 0) is 72.4 Å². The van der Waals surface area contributed by atoms with Crippen molar-refractivity contribution in [2.24, 2.45) is 0 Å². The van der Waals surface area contributed by atoms with Crippen LogP contribution >= 0.6 is 27.3 Å². The van der Waals surface area contributed by atoms with E-state index in [2.05, 4.69) is 73.2 Å². The largest absolute Gasteiger partial charge is 0.306 e. The summed E-state index contributed by atoms with van der Waals surface area (Å²) in [7, 11) is 0. The molecule has 0 fully saturated rings. The third kappa shape index (κ3) is 3.51. The fourth-order valence-corrected chi connectivity index (χ4v) is 4.24. The van der Waals surface area contributed by atoms with Crippen molar-refractivity contribution in [3.63, 3.8) is 0 Å². The Labute approximate surface area is 134 Å². The van der Waals surface area contributed by atoms with Crippen LogP contribution in [0.4, 0.5) is 0 Å². The highest BCUT2D eigenvalue weighted by Gasteiger charge is 2.19. The fourth-order valence-electron chi connectivity index (χ4n) is 2.49. The average Bonchev–Trinajstić information content (AvgIpc) is 2.73. The lowest BCUT2D eigenvalue weighted by atomic mass is 9.94. The van der Waals surface area contributed by atoms with Gasteiger partial charge in [0.25, 0.3) is 0 Å². The van der Waals surface area contributed by atoms with E-state index in [4.69, 9.17) is 0 Å². The number of halogens is 1. The van der Waals surface area contributed by atoms with Gasteiger partial charge in [-0.3, -0.25) is 0 Å². The smallest absolute Gasteiger partial charge is 0.0704 e. The van der Waals surface area contributed by atoms with Crippen LogP contribution in [0, 0.1) is 20.8 Å². The van der Waals surface area contributed by atoms with Crippen molar-refractivity contribution in [2.45, 2.75) is 40.2 Å². The Morgan fingerprint density at radius 3 is 2.50 bits per heavy atom. The Morgan fingerprint density at radius 2 is 1.90 bits per heavy atom. The van der Waals surface area contributed by atoms with Crippen LogP contribution in [0.3, 0.4) is 0 Å². The summed E-state index contributed by atoms with van der Waals surface area (Å²) in [6.45, 7) is 9.81. The van der Waals surface area contributed by atoms with Crippen LogP contribution in [-0.4, -0.2) is 6.54 Å². The van der Waals surface area contributed by atoms with Crippen LogP contribution in [0.25, 0.3) is 0 Å². The van der Waals surface area contributed by atoms with Crippen LogP contribution in [0.5, 0.6) is 0 Å². The first-order valence-corrected chi connectivity index (χ1v) is 8.70. The lowest BCUT2D eigenvalue weighted by molar-refractivity contribution is 0.595. The van der Waals surface area contributed by atoms with E-state index in [1.165, 1.54) is 30.9 Å². The van der Waals surface area contributed by atoms with Crippen molar-refractivity contribution in [1.82, 2.24) is 5.32 Å². The highest BCUT2D eigenvalue weighted by molar-refractivity contribution is 9.11. The summed E-state index contributed by atoms with van der Waals surface area (Å²) in [5.41, 5.74) is 5.46. The third-order valence-electron chi connectivity index (χ3n) is 3.58. The third-order valence-corrected chi connectivity index (χ3v) is 5.15. The van der Waals surface area contributed by atoms with Crippen LogP contribution in [0.15, 0.2) is 28.1 Å². The summed E-state index contributed by atoms with van der Waals surface area (Å²) in [5, 5.41) is 3.71. The van der Waals surface area contributed by atoms with Gasteiger partial charge in [-0.25, -0.2) is 0 Å². The minimum Gasteiger partial charge on any atom is -0.306 e. The lowest BCUT2D eigenvalue weighted by Crippen LogP contribution is -2.24. The van der Waals surface area contributed by atoms with Gasteiger partial charge in [0, 0.05) is 4.88 Å². The second-order valence-electron chi connectivity index (χ2n) is 5.31. The number of hydrogen-bond acceptors (Lipinski definition) is 2. The van der Waals surface area contributed by atoms with E-state index in [9.17, 15) is 0 Å². The quantitative estimate of drug-likeness (QED) is 0.747. The molecule has 0 aliphatic heterocycles. The van der Waals surface area contributed by atoms with Crippen molar-refractivity contribution in [3.05, 3.63) is 55.2 Å². The average molecular weight is 352 g/mol. The molecule has 2 rings (SSSR count). The summed E-state index contributed by atoms with van der Waals surface area (Å²) in [6, 6.07) is 9.27. The van der Waals surface area contributed by atoms with E-state index in [0.717, 1.165) is 13.0 Å². The highest BCUT2D eigenvalue weighted by Crippen LogP contribution is 2.35. The molecule has 0 spiro atoms. The Hall–Kier alpha value is -0.640. The van der Waals surface area contributed by atoms with Gasteiger partial charge in [0.2, 0.25) is 0 Å². The molecule has 1 aromatic heterocycles. The Bertz CT molecular complexity index is 589. The lowest BCUT2D eigenvalue weighted by Gasteiger charge is -2.22. The van der Waals surface area contributed by atoms with Crippen molar-refractivity contribution in [1.29, 1.82) is 0 Å². The molecule has 0 amide bonds. The van der Waals surface area contributed by atoms with Crippen LogP contribution in [-0.2, 0) is 0 Å². The van der Waals surface area contributed by atoms with E-state index < -0.39 is 0 Å². The van der Waals surface area contributed by atoms with E-state index in [1.54, 1.807) is 0 Å². The zero-order valence-corrected chi connectivity index (χ0v) is 15.0. The molecule has 0 aliphatic rings. The first-order chi connectivity index (χ1) is 9.52. The van der Waals surface area contributed by atoms with E-state index >= 15 is 0 Å². The van der Waals surface area contributed by atoms with Gasteiger partial charge in [-0.2, -0.15) is 0 Å². The van der Waals surface area contributed by atoms with Gasteiger partial charge in [0.15, 0.2) is 0 Å². The highest BCUT2D eigenvalue weighted by atomic mass is 79.9. The molecule has 2 aromatic rings. The topological polar surface area (TPSA) is 12.0 Å². The molecule has 1 aromatic carbocycles. The summed E-state index contributed by atoms with van der Waals surface area (Å²) >= 11 is 5.43. The van der Waals surface area contributed by atoms with E-state index in [0.29, 0.717) is 0 Å². The van der Waals surface area contributed by atoms with Gasteiger partial charge in [0.05, 0.1) is 9.83 Å². The predicted molar refractivity (Wildman–Crippen MR) is 92.8 cm³/mol. The number of thiophene rings is 1. The first kappa shape index (κ1) is 15.7. The molecule has 0 bridgehead atoms. The molecule has 3 heteroatoms. The predicted octanol–water partition coefficient (Wildman–Crippen LogP) is 5.52. The number of aryl methyl sites for hydroxylation is 3. The minimum atomic E-state index is 0.289. The molecule has 0 saturated heterocycles. The van der Waals surface area contributed by atoms with Gasteiger partial charge in [-0.1, -0.05) is 30.7 Å². The molecule has 1 heterocycles. The summed E-state index contributed by atoms with van der Waals surface area (Å²) in [4.78, 5) is 1.38. The van der Waals surface area contributed by atoms with Crippen molar-refractivity contribution < 1.29 is 0 Å². The number of hydrogen-bond donors (Lipinski definition) is 1. The minimum absolute atomic E-state index is 0.289. The number of nitrogens with one attached hydrogen (secondary N) is 1. The zero-order valence-electron chi connectivity index (χ0n) is 12.6. The van der Waals surface area contributed by atoms with Crippen molar-refractivity contribution in [2.75, 3.05) is 6.54 Å². The SMILES string of the molecule is CCCNC(c1cc(C)ccc1C)c1cc(Br)sc1C. The maximum Gasteiger partial charge on any atom is 0.0704 e. The molecule has 20 heavy (non-hydrogen) atoms. The normalized spacial score (nSPS) is 12.7. The molecule has 0 aliphatic carbocycles. The van der Waals surface area contributed by atoms with Crippen molar-refractivity contribution >= 4 is 27.3 Å².